The summed E-state index contributed by atoms with van der Waals surface area (Å²) >= 11 is 0. The molecule has 28 heavy (non-hydrogen) atoms. The summed E-state index contributed by atoms with van der Waals surface area (Å²) in [6, 6.07) is 6.00. The van der Waals surface area contributed by atoms with Crippen LogP contribution in [0, 0.1) is 16.0 Å². The van der Waals surface area contributed by atoms with Crippen molar-refractivity contribution in [2.75, 3.05) is 23.8 Å². The monoisotopic (exact) mass is 385 g/mol. The van der Waals surface area contributed by atoms with E-state index in [4.69, 9.17) is 9.47 Å². The second-order valence-electron chi connectivity index (χ2n) is 7.37. The summed E-state index contributed by atoms with van der Waals surface area (Å²) in [5.74, 6) is 2.29. The molecular formula is C19H23N5O4. The molecule has 1 fully saturated rings. The van der Waals surface area contributed by atoms with Gasteiger partial charge in [0.15, 0.2) is 11.5 Å². The number of aromatic nitrogens is 2. The minimum atomic E-state index is -0.463. The summed E-state index contributed by atoms with van der Waals surface area (Å²) in [7, 11) is 0. The zero-order chi connectivity index (χ0) is 19.7. The van der Waals surface area contributed by atoms with Gasteiger partial charge < -0.3 is 20.1 Å². The molecule has 0 amide bonds. The smallest absolute Gasteiger partial charge is 0.329 e. The van der Waals surface area contributed by atoms with Gasteiger partial charge in [-0.15, -0.1) is 0 Å². The Balaban J connectivity index is 1.60. The zero-order valence-corrected chi connectivity index (χ0v) is 15.8. The van der Waals surface area contributed by atoms with Crippen LogP contribution in [0.1, 0.15) is 38.3 Å². The largest absolute Gasteiger partial charge is 0.486 e. The minimum Gasteiger partial charge on any atom is -0.486 e. The SMILES string of the molecule is CC(C)C(Nc1ncc([N+](=O)[O-])c(NC2CC2)n1)c1ccc2c(c1)OCCO2. The Labute approximate surface area is 162 Å². The Morgan fingerprint density at radius 1 is 1.21 bits per heavy atom. The fourth-order valence-corrected chi connectivity index (χ4v) is 3.13. The molecule has 1 unspecified atom stereocenters. The lowest BCUT2D eigenvalue weighted by Crippen LogP contribution is -2.20. The third kappa shape index (κ3) is 3.92. The minimum absolute atomic E-state index is 0.0916. The Morgan fingerprint density at radius 3 is 2.64 bits per heavy atom. The Bertz CT molecular complexity index is 885. The average Bonchev–Trinajstić information content (AvgIpc) is 3.49. The summed E-state index contributed by atoms with van der Waals surface area (Å²) < 4.78 is 11.3. The van der Waals surface area contributed by atoms with E-state index in [-0.39, 0.29) is 29.5 Å². The molecule has 0 saturated heterocycles. The van der Waals surface area contributed by atoms with Gasteiger partial charge in [-0.05, 0) is 36.5 Å². The van der Waals surface area contributed by atoms with Crippen LogP contribution >= 0.6 is 0 Å². The Hall–Kier alpha value is -3.10. The number of ether oxygens (including phenoxy) is 2. The second kappa shape index (κ2) is 7.49. The molecule has 2 heterocycles. The van der Waals surface area contributed by atoms with Gasteiger partial charge in [-0.3, -0.25) is 10.1 Å². The number of rotatable bonds is 7. The van der Waals surface area contributed by atoms with Crippen LogP contribution in [0.25, 0.3) is 0 Å². The molecule has 1 atom stereocenters. The first-order valence-electron chi connectivity index (χ1n) is 9.45. The van der Waals surface area contributed by atoms with Crippen LogP contribution in [0.5, 0.6) is 11.5 Å². The first-order valence-corrected chi connectivity index (χ1v) is 9.45. The van der Waals surface area contributed by atoms with Crippen molar-refractivity contribution in [3.8, 4) is 11.5 Å². The Kier molecular flexibility index (Phi) is 4.89. The maximum absolute atomic E-state index is 11.3. The number of benzene rings is 1. The number of nitrogens with zero attached hydrogens (tertiary/aromatic N) is 3. The predicted octanol–water partition coefficient (Wildman–Crippen LogP) is 3.54. The highest BCUT2D eigenvalue weighted by atomic mass is 16.6. The summed E-state index contributed by atoms with van der Waals surface area (Å²) in [6.45, 7) is 5.25. The topological polar surface area (TPSA) is 111 Å². The van der Waals surface area contributed by atoms with Gasteiger partial charge in [0.2, 0.25) is 11.8 Å². The Morgan fingerprint density at radius 2 is 1.96 bits per heavy atom. The van der Waals surface area contributed by atoms with Gasteiger partial charge >= 0.3 is 5.69 Å². The molecule has 1 aromatic carbocycles. The molecule has 1 aromatic heterocycles. The molecular weight excluding hydrogens is 362 g/mol. The van der Waals surface area contributed by atoms with Crippen molar-refractivity contribution in [3.05, 3.63) is 40.1 Å². The van der Waals surface area contributed by atoms with E-state index < -0.39 is 4.92 Å². The highest BCUT2D eigenvalue weighted by Crippen LogP contribution is 2.36. The van der Waals surface area contributed by atoms with Crippen LogP contribution in [0.3, 0.4) is 0 Å². The van der Waals surface area contributed by atoms with E-state index in [0.717, 1.165) is 29.9 Å². The van der Waals surface area contributed by atoms with Gasteiger partial charge in [0.05, 0.1) is 11.0 Å². The molecule has 2 N–H and O–H groups in total. The summed E-state index contributed by atoms with van der Waals surface area (Å²) in [6.07, 6.45) is 3.24. The van der Waals surface area contributed by atoms with Gasteiger partial charge in [-0.1, -0.05) is 19.9 Å². The van der Waals surface area contributed by atoms with Crippen molar-refractivity contribution in [3.63, 3.8) is 0 Å². The average molecular weight is 385 g/mol. The third-order valence-electron chi connectivity index (χ3n) is 4.76. The highest BCUT2D eigenvalue weighted by molar-refractivity contribution is 5.58. The number of hydrogen-bond donors (Lipinski definition) is 2. The molecule has 4 rings (SSSR count). The maximum atomic E-state index is 11.3. The van der Waals surface area contributed by atoms with Gasteiger partial charge in [0.25, 0.3) is 0 Å². The molecule has 0 radical (unpaired) electrons. The second-order valence-corrected chi connectivity index (χ2v) is 7.37. The van der Waals surface area contributed by atoms with Crippen molar-refractivity contribution in [1.82, 2.24) is 9.97 Å². The molecule has 148 valence electrons. The standard InChI is InChI=1S/C19H23N5O4/c1-11(2)17(12-3-6-15-16(9-12)28-8-7-27-15)22-19-20-10-14(24(25)26)18(23-19)21-13-4-5-13/h3,6,9-11,13,17H,4-5,7-8H2,1-2H3,(H2,20,21,22,23). The van der Waals surface area contributed by atoms with Crippen molar-refractivity contribution in [2.45, 2.75) is 38.8 Å². The van der Waals surface area contributed by atoms with E-state index in [2.05, 4.69) is 34.4 Å². The van der Waals surface area contributed by atoms with Crippen molar-refractivity contribution in [2.24, 2.45) is 5.92 Å². The number of nitro groups is 1. The molecule has 9 heteroatoms. The van der Waals surface area contributed by atoms with Gasteiger partial charge in [0, 0.05) is 6.04 Å². The first kappa shape index (κ1) is 18.3. The van der Waals surface area contributed by atoms with Crippen LogP contribution in [0.4, 0.5) is 17.5 Å². The predicted molar refractivity (Wildman–Crippen MR) is 104 cm³/mol. The van der Waals surface area contributed by atoms with Crippen molar-refractivity contribution < 1.29 is 14.4 Å². The molecule has 1 saturated carbocycles. The van der Waals surface area contributed by atoms with Crippen LogP contribution in [0.2, 0.25) is 0 Å². The fourth-order valence-electron chi connectivity index (χ4n) is 3.13. The van der Waals surface area contributed by atoms with Crippen LogP contribution in [-0.4, -0.2) is 34.1 Å². The number of hydrogen-bond acceptors (Lipinski definition) is 8. The lowest BCUT2D eigenvalue weighted by Gasteiger charge is -2.25. The van der Waals surface area contributed by atoms with Crippen molar-refractivity contribution >= 4 is 17.5 Å². The van der Waals surface area contributed by atoms with Crippen LogP contribution < -0.4 is 20.1 Å². The van der Waals surface area contributed by atoms with E-state index >= 15 is 0 Å². The van der Waals surface area contributed by atoms with E-state index in [0.29, 0.717) is 19.2 Å². The molecule has 0 spiro atoms. The number of anilines is 2. The molecule has 0 bridgehead atoms. The first-order chi connectivity index (χ1) is 13.5. The lowest BCUT2D eigenvalue weighted by molar-refractivity contribution is -0.384. The van der Waals surface area contributed by atoms with Crippen molar-refractivity contribution in [1.29, 1.82) is 0 Å². The third-order valence-corrected chi connectivity index (χ3v) is 4.76. The number of fused-ring (bicyclic) bond motifs is 1. The van der Waals surface area contributed by atoms with Crippen LogP contribution in [0.15, 0.2) is 24.4 Å². The van der Waals surface area contributed by atoms with E-state index in [9.17, 15) is 10.1 Å². The fraction of sp³-hybridized carbons (Fsp3) is 0.474. The normalized spacial score (nSPS) is 16.5. The maximum Gasteiger partial charge on any atom is 0.329 e. The van der Waals surface area contributed by atoms with E-state index in [1.807, 2.05) is 18.2 Å². The summed E-state index contributed by atoms with van der Waals surface area (Å²) in [5, 5.41) is 17.7. The molecule has 2 aromatic rings. The lowest BCUT2D eigenvalue weighted by atomic mass is 9.95. The highest BCUT2D eigenvalue weighted by Gasteiger charge is 2.27. The van der Waals surface area contributed by atoms with E-state index in [1.165, 1.54) is 6.20 Å². The van der Waals surface area contributed by atoms with Gasteiger partial charge in [0.1, 0.15) is 19.4 Å². The van der Waals surface area contributed by atoms with Gasteiger partial charge in [-0.2, -0.15) is 4.98 Å². The van der Waals surface area contributed by atoms with Gasteiger partial charge in [-0.25, -0.2) is 4.98 Å². The molecule has 2 aliphatic rings. The van der Waals surface area contributed by atoms with E-state index in [1.54, 1.807) is 0 Å². The quantitative estimate of drug-likeness (QED) is 0.550. The molecule has 1 aliphatic carbocycles. The number of nitrogens with one attached hydrogen (secondary N) is 2. The summed E-state index contributed by atoms with van der Waals surface area (Å²) in [4.78, 5) is 19.3. The van der Waals surface area contributed by atoms with Crippen LogP contribution in [-0.2, 0) is 0 Å². The molecule has 9 nitrogen and oxygen atoms in total. The zero-order valence-electron chi connectivity index (χ0n) is 15.8. The molecule has 1 aliphatic heterocycles. The summed E-state index contributed by atoms with van der Waals surface area (Å²) in [5.41, 5.74) is 0.899.